The Bertz CT molecular complexity index is 1360. The van der Waals surface area contributed by atoms with Crippen LogP contribution in [0.3, 0.4) is 0 Å². The molecule has 10 nitrogen and oxygen atoms in total. The van der Waals surface area contributed by atoms with E-state index in [-0.39, 0.29) is 22.4 Å². The summed E-state index contributed by atoms with van der Waals surface area (Å²) < 4.78 is 79.7. The number of ether oxygens (including phenoxy) is 2. The first-order chi connectivity index (χ1) is 17.4. The summed E-state index contributed by atoms with van der Waals surface area (Å²) in [7, 11) is -1.23. The molecule has 0 unspecified atom stereocenters. The number of rotatable bonds is 6. The van der Waals surface area contributed by atoms with Crippen LogP contribution < -0.4 is 23.9 Å². The topological polar surface area (TPSA) is 128 Å². The highest BCUT2D eigenvalue weighted by molar-refractivity contribution is 7.87. The van der Waals surface area contributed by atoms with Gasteiger partial charge in [-0.1, -0.05) is 6.07 Å². The number of hydrogen-bond donors (Lipinski definition) is 2. The van der Waals surface area contributed by atoms with Crippen molar-refractivity contribution in [2.75, 3.05) is 38.8 Å². The first-order valence-electron chi connectivity index (χ1n) is 10.8. The van der Waals surface area contributed by atoms with Gasteiger partial charge in [0.15, 0.2) is 17.1 Å². The molecule has 2 aromatic carbocycles. The number of carboxylic acids is 1. The summed E-state index contributed by atoms with van der Waals surface area (Å²) in [5, 5.41) is 11.2. The van der Waals surface area contributed by atoms with Crippen LogP contribution in [0, 0.1) is 0 Å². The highest BCUT2D eigenvalue weighted by Gasteiger charge is 2.38. The normalized spacial score (nSPS) is 16.1. The molecule has 2 N–H and O–H groups in total. The van der Waals surface area contributed by atoms with Gasteiger partial charge < -0.3 is 33.4 Å². The average Bonchev–Trinajstić information content (AvgIpc) is 3.31. The van der Waals surface area contributed by atoms with Crippen LogP contribution in [0.5, 0.6) is 17.2 Å². The number of furan rings is 1. The van der Waals surface area contributed by atoms with Crippen LogP contribution in [0.1, 0.15) is 6.92 Å². The summed E-state index contributed by atoms with van der Waals surface area (Å²) >= 11 is 0. The van der Waals surface area contributed by atoms with Gasteiger partial charge >= 0.3 is 22.3 Å². The number of benzene rings is 2. The number of halogens is 3. The van der Waals surface area contributed by atoms with Crippen LogP contribution in [-0.2, 0) is 14.9 Å². The van der Waals surface area contributed by atoms with Crippen molar-refractivity contribution >= 4 is 32.7 Å². The van der Waals surface area contributed by atoms with Crippen LogP contribution in [0.15, 0.2) is 52.0 Å². The molecule has 14 heteroatoms. The maximum absolute atomic E-state index is 13.2. The van der Waals surface area contributed by atoms with Crippen LogP contribution in [-0.4, -0.2) is 65.6 Å². The van der Waals surface area contributed by atoms with Gasteiger partial charge in [0.1, 0.15) is 4.90 Å². The second kappa shape index (κ2) is 11.2. The molecule has 37 heavy (non-hydrogen) atoms. The standard InChI is InChI=1S/C21H24N2O6S.C2HF3O2/c1-14-13-23(9-8-22-14)17-12-16(11-15-7-10-28-20(15)17)30(24,25)29-19-6-4-5-18(26-2)21(19)27-3;3-2(4,5)1(6)7/h4-7,10-12,14,22H,8-9,13H2,1-3H3;(H,6,7)/t14-;/m1./s1. The van der Waals surface area contributed by atoms with E-state index in [0.29, 0.717) is 16.7 Å². The Morgan fingerprint density at radius 1 is 1.16 bits per heavy atom. The van der Waals surface area contributed by atoms with Gasteiger partial charge in [0, 0.05) is 31.1 Å². The average molecular weight is 547 g/mol. The minimum atomic E-state index is -5.08. The molecule has 1 atom stereocenters. The lowest BCUT2D eigenvalue weighted by atomic mass is 10.1. The van der Waals surface area contributed by atoms with E-state index in [0.717, 1.165) is 25.3 Å². The van der Waals surface area contributed by atoms with Crippen LogP contribution in [0.25, 0.3) is 11.0 Å². The Morgan fingerprint density at radius 3 is 2.43 bits per heavy atom. The number of hydrogen-bond acceptors (Lipinski definition) is 9. The zero-order valence-corrected chi connectivity index (χ0v) is 20.9. The SMILES string of the molecule is COc1cccc(OS(=O)(=O)c2cc(N3CCN[C@H](C)C3)c3occc3c2)c1OC.O=C(O)C(F)(F)F. The van der Waals surface area contributed by atoms with Crippen molar-refractivity contribution in [1.82, 2.24) is 5.32 Å². The van der Waals surface area contributed by atoms with Crippen LogP contribution >= 0.6 is 0 Å². The van der Waals surface area contributed by atoms with Crippen molar-refractivity contribution in [2.45, 2.75) is 24.0 Å². The van der Waals surface area contributed by atoms with Crippen LogP contribution in [0.4, 0.5) is 18.9 Å². The molecule has 202 valence electrons. The third kappa shape index (κ3) is 6.57. The molecular weight excluding hydrogens is 521 g/mol. The van der Waals surface area contributed by atoms with Gasteiger partial charge in [0.25, 0.3) is 0 Å². The van der Waals surface area contributed by atoms with E-state index < -0.39 is 22.3 Å². The maximum Gasteiger partial charge on any atom is 0.490 e. The highest BCUT2D eigenvalue weighted by Crippen LogP contribution is 2.39. The number of fused-ring (bicyclic) bond motifs is 1. The van der Waals surface area contributed by atoms with E-state index in [4.69, 9.17) is 28.0 Å². The fraction of sp³-hybridized carbons (Fsp3) is 0.348. The lowest BCUT2D eigenvalue weighted by molar-refractivity contribution is -0.192. The Morgan fingerprint density at radius 2 is 1.84 bits per heavy atom. The molecular formula is C23H25F3N2O8S. The molecule has 4 rings (SSSR count). The zero-order valence-electron chi connectivity index (χ0n) is 20.0. The number of carboxylic acid groups (broad SMARTS) is 1. The Kier molecular flexibility index (Phi) is 8.43. The maximum atomic E-state index is 13.2. The number of nitrogens with zero attached hydrogens (tertiary/aromatic N) is 1. The minimum absolute atomic E-state index is 0.0439. The first kappa shape index (κ1) is 27.9. The quantitative estimate of drug-likeness (QED) is 0.442. The lowest BCUT2D eigenvalue weighted by Crippen LogP contribution is -2.49. The Labute approximate surface area is 210 Å². The third-order valence-electron chi connectivity index (χ3n) is 5.31. The number of carbonyl (C=O) groups is 1. The van der Waals surface area contributed by atoms with E-state index >= 15 is 0 Å². The largest absolute Gasteiger partial charge is 0.493 e. The Hall–Kier alpha value is -3.65. The molecule has 2 heterocycles. The smallest absolute Gasteiger partial charge is 0.490 e. The van der Waals surface area contributed by atoms with Crippen molar-refractivity contribution in [3.63, 3.8) is 0 Å². The third-order valence-corrected chi connectivity index (χ3v) is 6.52. The van der Waals surface area contributed by atoms with Gasteiger partial charge in [0.05, 0.1) is 26.2 Å². The molecule has 1 aliphatic heterocycles. The van der Waals surface area contributed by atoms with E-state index in [9.17, 15) is 21.6 Å². The lowest BCUT2D eigenvalue weighted by Gasteiger charge is -2.33. The number of piperazine rings is 1. The Balaban J connectivity index is 0.000000479. The number of anilines is 1. The predicted molar refractivity (Wildman–Crippen MR) is 127 cm³/mol. The zero-order chi connectivity index (χ0) is 27.4. The van der Waals surface area contributed by atoms with E-state index in [2.05, 4.69) is 17.1 Å². The molecule has 0 bridgehead atoms. The van der Waals surface area contributed by atoms with Gasteiger partial charge in [-0.3, -0.25) is 0 Å². The molecule has 0 radical (unpaired) electrons. The summed E-state index contributed by atoms with van der Waals surface area (Å²) in [6.07, 6.45) is -3.53. The summed E-state index contributed by atoms with van der Waals surface area (Å²) in [4.78, 5) is 11.1. The summed E-state index contributed by atoms with van der Waals surface area (Å²) in [6, 6.07) is 10.0. The molecule has 0 spiro atoms. The molecule has 0 saturated carbocycles. The second-order valence-electron chi connectivity index (χ2n) is 7.91. The first-order valence-corrected chi connectivity index (χ1v) is 12.2. The van der Waals surface area contributed by atoms with Gasteiger partial charge in [-0.15, -0.1) is 0 Å². The van der Waals surface area contributed by atoms with Gasteiger partial charge in [-0.25, -0.2) is 4.79 Å². The number of methoxy groups -OCH3 is 2. The van der Waals surface area contributed by atoms with Crippen LogP contribution in [0.2, 0.25) is 0 Å². The number of alkyl halides is 3. The van der Waals surface area contributed by atoms with Crippen molar-refractivity contribution in [3.8, 4) is 17.2 Å². The summed E-state index contributed by atoms with van der Waals surface area (Å²) in [6.45, 7) is 4.38. The van der Waals surface area contributed by atoms with Gasteiger partial charge in [-0.05, 0) is 37.3 Å². The monoisotopic (exact) mass is 546 g/mol. The molecule has 1 aromatic heterocycles. The highest BCUT2D eigenvalue weighted by atomic mass is 32.2. The van der Waals surface area contributed by atoms with Crippen molar-refractivity contribution < 1.29 is 49.6 Å². The van der Waals surface area contributed by atoms with E-state index in [1.165, 1.54) is 20.3 Å². The van der Waals surface area contributed by atoms with Gasteiger partial charge in [0.2, 0.25) is 5.75 Å². The van der Waals surface area contributed by atoms with E-state index in [1.807, 2.05) is 0 Å². The molecule has 0 aliphatic carbocycles. The van der Waals surface area contributed by atoms with Crippen molar-refractivity contribution in [2.24, 2.45) is 0 Å². The fourth-order valence-electron chi connectivity index (χ4n) is 3.66. The predicted octanol–water partition coefficient (Wildman–Crippen LogP) is 3.65. The molecule has 1 aliphatic rings. The van der Waals surface area contributed by atoms with Crippen molar-refractivity contribution in [3.05, 3.63) is 42.7 Å². The van der Waals surface area contributed by atoms with E-state index in [1.54, 1.807) is 36.6 Å². The summed E-state index contributed by atoms with van der Waals surface area (Å²) in [5.74, 6) is -2.11. The van der Waals surface area contributed by atoms with Gasteiger partial charge in [-0.2, -0.15) is 21.6 Å². The molecule has 0 amide bonds. The number of aliphatic carboxylic acids is 1. The molecule has 1 fully saturated rings. The minimum Gasteiger partial charge on any atom is -0.493 e. The van der Waals surface area contributed by atoms with Crippen molar-refractivity contribution in [1.29, 1.82) is 0 Å². The summed E-state index contributed by atoms with van der Waals surface area (Å²) in [5.41, 5.74) is 1.38. The molecule has 1 saturated heterocycles. The number of para-hydroxylation sites is 1. The fourth-order valence-corrected chi connectivity index (χ4v) is 4.65. The number of nitrogens with one attached hydrogen (secondary N) is 1. The second-order valence-corrected chi connectivity index (χ2v) is 9.46. The molecule has 3 aromatic rings.